The molecule has 0 bridgehead atoms. The Labute approximate surface area is 103 Å². The molecule has 0 aromatic heterocycles. The van der Waals surface area contributed by atoms with E-state index < -0.39 is 15.8 Å². The number of nitrogens with zero attached hydrogens (tertiary/aromatic N) is 1. The zero-order valence-corrected chi connectivity index (χ0v) is 11.2. The molecule has 0 spiro atoms. The molecule has 0 aliphatic carbocycles. The van der Waals surface area contributed by atoms with Gasteiger partial charge in [-0.15, -0.1) is 0 Å². The first-order chi connectivity index (χ1) is 7.99. The van der Waals surface area contributed by atoms with E-state index in [4.69, 9.17) is 0 Å². The molecule has 94 valence electrons. The van der Waals surface area contributed by atoms with Crippen LogP contribution >= 0.6 is 0 Å². The molecule has 0 saturated heterocycles. The Morgan fingerprint density at radius 1 is 1.29 bits per heavy atom. The molecular formula is C13H19NO2S. The maximum Gasteiger partial charge on any atom is 0.0963 e. The average molecular weight is 253 g/mol. The zero-order valence-electron chi connectivity index (χ0n) is 10.4. The maximum atomic E-state index is 12.5. The van der Waals surface area contributed by atoms with Gasteiger partial charge in [0.2, 0.25) is 0 Å². The summed E-state index contributed by atoms with van der Waals surface area (Å²) in [6.07, 6.45) is 1.30. The molecule has 0 fully saturated rings. The molecule has 0 amide bonds. The quantitative estimate of drug-likeness (QED) is 0.897. The third kappa shape index (κ3) is 3.68. The topological polar surface area (TPSA) is 49.7 Å². The fraction of sp³-hybridized carbons (Fsp3) is 0.385. The van der Waals surface area contributed by atoms with Crippen LogP contribution in [0.1, 0.15) is 13.8 Å². The Morgan fingerprint density at radius 2 is 1.88 bits per heavy atom. The van der Waals surface area contributed by atoms with Gasteiger partial charge >= 0.3 is 0 Å². The van der Waals surface area contributed by atoms with Crippen molar-refractivity contribution in [2.24, 2.45) is 10.3 Å². The molecule has 17 heavy (non-hydrogen) atoms. The highest BCUT2D eigenvalue weighted by molar-refractivity contribution is 7.96. The summed E-state index contributed by atoms with van der Waals surface area (Å²) in [5.74, 6) is -0.0405. The van der Waals surface area contributed by atoms with Gasteiger partial charge < -0.3 is 5.11 Å². The van der Waals surface area contributed by atoms with Gasteiger partial charge in [-0.1, -0.05) is 31.2 Å². The lowest BCUT2D eigenvalue weighted by Gasteiger charge is -2.10. The van der Waals surface area contributed by atoms with Crippen LogP contribution in [0.4, 0.5) is 0 Å². The van der Waals surface area contributed by atoms with E-state index in [2.05, 4.69) is 4.36 Å². The van der Waals surface area contributed by atoms with E-state index in [0.717, 1.165) is 0 Å². The van der Waals surface area contributed by atoms with Crippen molar-refractivity contribution in [2.75, 3.05) is 7.05 Å². The van der Waals surface area contributed by atoms with E-state index in [1.165, 1.54) is 0 Å². The van der Waals surface area contributed by atoms with Gasteiger partial charge in [0, 0.05) is 18.4 Å². The van der Waals surface area contributed by atoms with Crippen molar-refractivity contribution < 1.29 is 9.32 Å². The summed E-state index contributed by atoms with van der Waals surface area (Å²) in [7, 11) is -0.953. The molecule has 0 radical (unpaired) electrons. The Balaban J connectivity index is 3.05. The van der Waals surface area contributed by atoms with E-state index in [-0.39, 0.29) is 5.92 Å². The van der Waals surface area contributed by atoms with E-state index in [9.17, 15) is 9.32 Å². The number of benzene rings is 1. The predicted octanol–water partition coefficient (Wildman–Crippen LogP) is 2.67. The van der Waals surface area contributed by atoms with Crippen LogP contribution in [0.2, 0.25) is 0 Å². The molecule has 3 atom stereocenters. The van der Waals surface area contributed by atoms with Gasteiger partial charge in [-0.25, -0.2) is 8.57 Å². The Bertz CT molecular complexity index is 485. The van der Waals surface area contributed by atoms with Crippen molar-refractivity contribution in [3.05, 3.63) is 41.8 Å². The molecule has 0 saturated carbocycles. The Morgan fingerprint density at radius 3 is 2.35 bits per heavy atom. The molecule has 1 N–H and O–H groups in total. The molecule has 4 heteroatoms. The van der Waals surface area contributed by atoms with Crippen molar-refractivity contribution in [1.29, 1.82) is 0 Å². The number of hydrogen-bond donors (Lipinski definition) is 1. The normalized spacial score (nSPS) is 18.6. The summed E-state index contributed by atoms with van der Waals surface area (Å²) in [6.45, 7) is 3.59. The van der Waals surface area contributed by atoms with Crippen LogP contribution in [-0.4, -0.2) is 22.5 Å². The van der Waals surface area contributed by atoms with E-state index in [1.807, 2.05) is 25.1 Å². The van der Waals surface area contributed by atoms with Crippen molar-refractivity contribution in [3.8, 4) is 0 Å². The highest BCUT2D eigenvalue weighted by atomic mass is 32.2. The number of aliphatic hydroxyl groups excluding tert-OH is 1. The third-order valence-corrected chi connectivity index (χ3v) is 4.70. The first-order valence-electron chi connectivity index (χ1n) is 5.56. The summed E-state index contributed by atoms with van der Waals surface area (Å²) in [4.78, 5) is 0.691. The van der Waals surface area contributed by atoms with Crippen LogP contribution in [0.3, 0.4) is 0 Å². The lowest BCUT2D eigenvalue weighted by molar-refractivity contribution is 0.157. The lowest BCUT2D eigenvalue weighted by atomic mass is 10.1. The largest absolute Gasteiger partial charge is 0.393 e. The van der Waals surface area contributed by atoms with Crippen molar-refractivity contribution in [3.63, 3.8) is 0 Å². The predicted molar refractivity (Wildman–Crippen MR) is 71.2 cm³/mol. The SMILES string of the molecule is CN=S(=O)(/C=C\[C@@H](C)[C@H](C)O)c1ccccc1. The Kier molecular flexibility index (Phi) is 4.90. The summed E-state index contributed by atoms with van der Waals surface area (Å²) in [5.41, 5.74) is 0. The summed E-state index contributed by atoms with van der Waals surface area (Å²) in [6, 6.07) is 9.15. The summed E-state index contributed by atoms with van der Waals surface area (Å²) >= 11 is 0. The smallest absolute Gasteiger partial charge is 0.0963 e. The first kappa shape index (κ1) is 13.9. The van der Waals surface area contributed by atoms with Gasteiger partial charge in [-0.3, -0.25) is 0 Å². The van der Waals surface area contributed by atoms with Gasteiger partial charge in [0.15, 0.2) is 0 Å². The number of hydrogen-bond acceptors (Lipinski definition) is 3. The van der Waals surface area contributed by atoms with Crippen molar-refractivity contribution >= 4 is 9.73 Å². The summed E-state index contributed by atoms with van der Waals surface area (Å²) < 4.78 is 16.5. The highest BCUT2D eigenvalue weighted by Crippen LogP contribution is 2.16. The molecule has 0 aliphatic heterocycles. The fourth-order valence-corrected chi connectivity index (χ4v) is 2.75. The highest BCUT2D eigenvalue weighted by Gasteiger charge is 2.09. The van der Waals surface area contributed by atoms with Crippen LogP contribution in [0.15, 0.2) is 51.1 Å². The summed E-state index contributed by atoms with van der Waals surface area (Å²) in [5, 5.41) is 11.0. The van der Waals surface area contributed by atoms with E-state index in [0.29, 0.717) is 4.90 Å². The van der Waals surface area contributed by atoms with Gasteiger partial charge in [0.25, 0.3) is 0 Å². The molecule has 0 aliphatic rings. The second kappa shape index (κ2) is 5.98. The minimum atomic E-state index is -2.50. The average Bonchev–Trinajstić information content (AvgIpc) is 2.36. The second-order valence-corrected chi connectivity index (χ2v) is 6.24. The number of aliphatic hydroxyl groups is 1. The fourth-order valence-electron chi connectivity index (χ4n) is 1.25. The molecule has 1 aromatic carbocycles. The van der Waals surface area contributed by atoms with Crippen molar-refractivity contribution in [2.45, 2.75) is 24.8 Å². The van der Waals surface area contributed by atoms with Crippen LogP contribution in [0.5, 0.6) is 0 Å². The van der Waals surface area contributed by atoms with Crippen LogP contribution in [0, 0.1) is 5.92 Å². The second-order valence-electron chi connectivity index (χ2n) is 3.99. The molecule has 1 aromatic rings. The molecule has 1 rings (SSSR count). The maximum absolute atomic E-state index is 12.5. The molecule has 3 nitrogen and oxygen atoms in total. The Hall–Kier alpha value is -1.13. The lowest BCUT2D eigenvalue weighted by Crippen LogP contribution is -2.10. The van der Waals surface area contributed by atoms with Gasteiger partial charge in [0.05, 0.1) is 20.7 Å². The first-order valence-corrected chi connectivity index (χ1v) is 7.14. The van der Waals surface area contributed by atoms with Crippen molar-refractivity contribution in [1.82, 2.24) is 0 Å². The molecule has 1 unspecified atom stereocenters. The van der Waals surface area contributed by atoms with Crippen LogP contribution < -0.4 is 0 Å². The standard InChI is InChI=1S/C13H19NO2S/c1-11(12(2)15)9-10-17(16,14-3)13-7-5-4-6-8-13/h4-12,15H,1-3H3/b10-9-/t11-,12+,17?/m1/s1. The monoisotopic (exact) mass is 253 g/mol. The molecule has 0 heterocycles. The van der Waals surface area contributed by atoms with Gasteiger partial charge in [-0.2, -0.15) is 0 Å². The van der Waals surface area contributed by atoms with Gasteiger partial charge in [-0.05, 0) is 19.1 Å². The third-order valence-electron chi connectivity index (χ3n) is 2.68. The minimum Gasteiger partial charge on any atom is -0.393 e. The van der Waals surface area contributed by atoms with Crippen LogP contribution in [0.25, 0.3) is 0 Å². The minimum absolute atomic E-state index is 0.0405. The number of rotatable bonds is 4. The van der Waals surface area contributed by atoms with E-state index in [1.54, 1.807) is 37.6 Å². The van der Waals surface area contributed by atoms with Gasteiger partial charge in [0.1, 0.15) is 0 Å². The van der Waals surface area contributed by atoms with Crippen LogP contribution in [-0.2, 0) is 9.73 Å². The van der Waals surface area contributed by atoms with E-state index >= 15 is 0 Å². The molecular weight excluding hydrogens is 234 g/mol. The zero-order chi connectivity index (χ0) is 12.9.